The van der Waals surface area contributed by atoms with Gasteiger partial charge in [-0.25, -0.2) is 13.1 Å². The van der Waals surface area contributed by atoms with Crippen LogP contribution in [0.25, 0.3) is 0 Å². The highest BCUT2D eigenvalue weighted by molar-refractivity contribution is 7.89. The molecule has 1 aromatic carbocycles. The fourth-order valence-corrected chi connectivity index (χ4v) is 3.28. The van der Waals surface area contributed by atoms with E-state index in [-0.39, 0.29) is 0 Å². The van der Waals surface area contributed by atoms with Gasteiger partial charge in [-0.3, -0.25) is 0 Å². The second-order valence-electron chi connectivity index (χ2n) is 5.67. The molecule has 114 valence electrons. The summed E-state index contributed by atoms with van der Waals surface area (Å²) in [6, 6.07) is 7.09. The van der Waals surface area contributed by atoms with E-state index >= 15 is 0 Å². The Morgan fingerprint density at radius 3 is 2.50 bits per heavy atom. The molecule has 0 aromatic heterocycles. The van der Waals surface area contributed by atoms with Crippen LogP contribution in [0, 0.1) is 0 Å². The van der Waals surface area contributed by atoms with E-state index < -0.39 is 15.6 Å². The molecule has 0 bridgehead atoms. The lowest BCUT2D eigenvalue weighted by molar-refractivity contribution is 0.439. The molecule has 0 saturated carbocycles. The SMILES string of the molecule is CCCNCc1cccc(S(=O)(=O)NC(C)(C)CC)c1. The lowest BCUT2D eigenvalue weighted by atomic mass is 10.0. The Kier molecular flexibility index (Phi) is 6.17. The normalized spacial score (nSPS) is 12.6. The summed E-state index contributed by atoms with van der Waals surface area (Å²) in [5.74, 6) is 0. The maximum atomic E-state index is 12.4. The van der Waals surface area contributed by atoms with Crippen molar-refractivity contribution in [2.75, 3.05) is 6.54 Å². The molecule has 0 amide bonds. The number of hydrogen-bond donors (Lipinski definition) is 2. The first-order valence-electron chi connectivity index (χ1n) is 7.14. The fraction of sp³-hybridized carbons (Fsp3) is 0.600. The molecule has 4 nitrogen and oxygen atoms in total. The Labute approximate surface area is 123 Å². The van der Waals surface area contributed by atoms with Gasteiger partial charge in [0.2, 0.25) is 10.0 Å². The maximum absolute atomic E-state index is 12.4. The van der Waals surface area contributed by atoms with Crippen LogP contribution in [0.5, 0.6) is 0 Å². The molecule has 0 aliphatic rings. The number of benzene rings is 1. The van der Waals surface area contributed by atoms with E-state index in [2.05, 4.69) is 17.0 Å². The van der Waals surface area contributed by atoms with Gasteiger partial charge in [0, 0.05) is 12.1 Å². The first-order valence-corrected chi connectivity index (χ1v) is 8.62. The highest BCUT2D eigenvalue weighted by atomic mass is 32.2. The van der Waals surface area contributed by atoms with E-state index in [9.17, 15) is 8.42 Å². The zero-order chi connectivity index (χ0) is 15.2. The molecule has 0 unspecified atom stereocenters. The highest BCUT2D eigenvalue weighted by Gasteiger charge is 2.24. The van der Waals surface area contributed by atoms with Crippen molar-refractivity contribution in [2.24, 2.45) is 0 Å². The number of rotatable bonds is 8. The Balaban J connectivity index is 2.87. The lowest BCUT2D eigenvalue weighted by Gasteiger charge is -2.24. The van der Waals surface area contributed by atoms with Gasteiger partial charge < -0.3 is 5.32 Å². The Morgan fingerprint density at radius 2 is 1.90 bits per heavy atom. The molecule has 2 N–H and O–H groups in total. The van der Waals surface area contributed by atoms with Gasteiger partial charge in [0.25, 0.3) is 0 Å². The molecule has 0 aliphatic heterocycles. The minimum atomic E-state index is -3.46. The summed E-state index contributed by atoms with van der Waals surface area (Å²) < 4.78 is 27.5. The summed E-state index contributed by atoms with van der Waals surface area (Å²) in [7, 11) is -3.46. The average Bonchev–Trinajstić information content (AvgIpc) is 2.38. The molecular formula is C15H26N2O2S. The summed E-state index contributed by atoms with van der Waals surface area (Å²) in [4.78, 5) is 0.329. The van der Waals surface area contributed by atoms with Crippen molar-refractivity contribution >= 4 is 10.0 Å². The van der Waals surface area contributed by atoms with Gasteiger partial charge in [0.1, 0.15) is 0 Å². The zero-order valence-corrected chi connectivity index (χ0v) is 13.7. The average molecular weight is 298 g/mol. The van der Waals surface area contributed by atoms with Crippen molar-refractivity contribution in [2.45, 2.75) is 57.5 Å². The van der Waals surface area contributed by atoms with Gasteiger partial charge in [0.05, 0.1) is 4.90 Å². The Bertz CT molecular complexity index is 524. The summed E-state index contributed by atoms with van der Waals surface area (Å²) in [5, 5.41) is 3.27. The molecule has 1 rings (SSSR count). The van der Waals surface area contributed by atoms with E-state index in [1.807, 2.05) is 26.8 Å². The van der Waals surface area contributed by atoms with E-state index in [1.165, 1.54) is 0 Å². The second kappa shape index (κ2) is 7.20. The van der Waals surface area contributed by atoms with E-state index in [1.54, 1.807) is 18.2 Å². The topological polar surface area (TPSA) is 58.2 Å². The molecule has 0 aliphatic carbocycles. The predicted octanol–water partition coefficient (Wildman–Crippen LogP) is 2.65. The van der Waals surface area contributed by atoms with Crippen LogP contribution in [0.2, 0.25) is 0 Å². The van der Waals surface area contributed by atoms with Crippen LogP contribution in [0.3, 0.4) is 0 Å². The minimum absolute atomic E-state index is 0.329. The lowest BCUT2D eigenvalue weighted by Crippen LogP contribution is -2.42. The molecular weight excluding hydrogens is 272 g/mol. The van der Waals surface area contributed by atoms with Gasteiger partial charge in [-0.1, -0.05) is 26.0 Å². The number of nitrogens with one attached hydrogen (secondary N) is 2. The van der Waals surface area contributed by atoms with E-state index in [4.69, 9.17) is 0 Å². The highest BCUT2D eigenvalue weighted by Crippen LogP contribution is 2.16. The standard InChI is InChI=1S/C15H26N2O2S/c1-5-10-16-12-13-8-7-9-14(11-13)20(18,19)17-15(3,4)6-2/h7-9,11,16-17H,5-6,10,12H2,1-4H3. The minimum Gasteiger partial charge on any atom is -0.313 e. The van der Waals surface area contributed by atoms with Crippen molar-refractivity contribution in [3.8, 4) is 0 Å². The number of hydrogen-bond acceptors (Lipinski definition) is 3. The molecule has 5 heteroatoms. The van der Waals surface area contributed by atoms with Crippen molar-refractivity contribution in [1.29, 1.82) is 0 Å². The van der Waals surface area contributed by atoms with E-state index in [0.29, 0.717) is 11.4 Å². The van der Waals surface area contributed by atoms with Crippen molar-refractivity contribution in [3.05, 3.63) is 29.8 Å². The first-order chi connectivity index (χ1) is 9.30. The summed E-state index contributed by atoms with van der Waals surface area (Å²) in [5.41, 5.74) is 0.547. The molecule has 20 heavy (non-hydrogen) atoms. The van der Waals surface area contributed by atoms with Gasteiger partial charge in [0.15, 0.2) is 0 Å². The largest absolute Gasteiger partial charge is 0.313 e. The zero-order valence-electron chi connectivity index (χ0n) is 12.9. The molecule has 0 saturated heterocycles. The summed E-state index contributed by atoms with van der Waals surface area (Å²) in [6.07, 6.45) is 1.80. The van der Waals surface area contributed by atoms with Crippen LogP contribution >= 0.6 is 0 Å². The van der Waals surface area contributed by atoms with Crippen LogP contribution in [0.15, 0.2) is 29.2 Å². The second-order valence-corrected chi connectivity index (χ2v) is 7.35. The molecule has 0 atom stereocenters. The van der Waals surface area contributed by atoms with Crippen molar-refractivity contribution in [1.82, 2.24) is 10.0 Å². The van der Waals surface area contributed by atoms with Crippen molar-refractivity contribution < 1.29 is 8.42 Å². The van der Waals surface area contributed by atoms with Gasteiger partial charge in [-0.15, -0.1) is 0 Å². The molecule has 0 radical (unpaired) electrons. The van der Waals surface area contributed by atoms with Crippen LogP contribution in [0.1, 0.15) is 46.1 Å². The molecule has 0 spiro atoms. The quantitative estimate of drug-likeness (QED) is 0.725. The third-order valence-electron chi connectivity index (χ3n) is 3.26. The molecule has 1 aromatic rings. The third kappa shape index (κ3) is 5.23. The Morgan fingerprint density at radius 1 is 1.20 bits per heavy atom. The predicted molar refractivity (Wildman–Crippen MR) is 83.1 cm³/mol. The monoisotopic (exact) mass is 298 g/mol. The van der Waals surface area contributed by atoms with Crippen LogP contribution in [-0.2, 0) is 16.6 Å². The fourth-order valence-electron chi connectivity index (χ4n) is 1.73. The summed E-state index contributed by atoms with van der Waals surface area (Å²) in [6.45, 7) is 9.46. The first kappa shape index (κ1) is 17.1. The third-order valence-corrected chi connectivity index (χ3v) is 4.96. The van der Waals surface area contributed by atoms with E-state index in [0.717, 1.165) is 24.9 Å². The molecule has 0 heterocycles. The van der Waals surface area contributed by atoms with Gasteiger partial charge >= 0.3 is 0 Å². The van der Waals surface area contributed by atoms with Crippen LogP contribution in [-0.4, -0.2) is 20.5 Å². The smallest absolute Gasteiger partial charge is 0.241 e. The Hall–Kier alpha value is -0.910. The van der Waals surface area contributed by atoms with Crippen molar-refractivity contribution in [3.63, 3.8) is 0 Å². The molecule has 0 fully saturated rings. The van der Waals surface area contributed by atoms with Crippen LogP contribution < -0.4 is 10.0 Å². The van der Waals surface area contributed by atoms with Crippen LogP contribution in [0.4, 0.5) is 0 Å². The van der Waals surface area contributed by atoms with Gasteiger partial charge in [-0.2, -0.15) is 0 Å². The number of sulfonamides is 1. The van der Waals surface area contributed by atoms with Gasteiger partial charge in [-0.05, 0) is 50.9 Å². The maximum Gasteiger partial charge on any atom is 0.241 e. The summed E-state index contributed by atoms with van der Waals surface area (Å²) >= 11 is 0.